The van der Waals surface area contributed by atoms with Gasteiger partial charge in [0.2, 0.25) is 5.91 Å². The third-order valence-corrected chi connectivity index (χ3v) is 6.47. The van der Waals surface area contributed by atoms with Crippen LogP contribution in [-0.4, -0.2) is 36.1 Å². The minimum absolute atomic E-state index is 0.0170. The molecule has 160 valence electrons. The number of aromatic amines is 1. The molecule has 6 nitrogen and oxygen atoms in total. The summed E-state index contributed by atoms with van der Waals surface area (Å²) >= 11 is 1.12. The highest BCUT2D eigenvalue weighted by molar-refractivity contribution is 7.07. The Hall–Kier alpha value is -3.32. The van der Waals surface area contributed by atoms with Gasteiger partial charge in [-0.3, -0.25) is 14.2 Å². The zero-order chi connectivity index (χ0) is 22.0. The van der Waals surface area contributed by atoms with Crippen LogP contribution in [0.3, 0.4) is 0 Å². The quantitative estimate of drug-likeness (QED) is 0.466. The zero-order valence-corrected chi connectivity index (χ0v) is 18.7. The number of thiazole rings is 1. The number of fused-ring (bicyclic) bond motifs is 1. The van der Waals surface area contributed by atoms with Crippen molar-refractivity contribution >= 4 is 33.8 Å². The highest BCUT2D eigenvalue weighted by Gasteiger charge is 2.20. The smallest absolute Gasteiger partial charge is 0.307 e. The van der Waals surface area contributed by atoms with Crippen molar-refractivity contribution < 1.29 is 4.79 Å². The minimum atomic E-state index is -0.168. The van der Waals surface area contributed by atoms with E-state index in [-0.39, 0.29) is 23.2 Å². The molecule has 4 aromatic rings. The summed E-state index contributed by atoms with van der Waals surface area (Å²) in [4.78, 5) is 29.9. The summed E-state index contributed by atoms with van der Waals surface area (Å²) in [5, 5.41) is 5.96. The predicted octanol–water partition coefficient (Wildman–Crippen LogP) is 3.71. The van der Waals surface area contributed by atoms with Gasteiger partial charge in [-0.1, -0.05) is 41.7 Å². The Morgan fingerprint density at radius 2 is 1.90 bits per heavy atom. The number of hydrogen-bond donors (Lipinski definition) is 2. The van der Waals surface area contributed by atoms with E-state index < -0.39 is 0 Å². The molecule has 0 aliphatic rings. The van der Waals surface area contributed by atoms with Crippen molar-refractivity contribution in [2.45, 2.75) is 19.4 Å². The molecule has 2 heterocycles. The third-order valence-electron chi connectivity index (χ3n) is 5.59. The molecular formula is C24H26N4O2S. The number of nitrogens with zero attached hydrogens (tertiary/aromatic N) is 2. The molecule has 2 N–H and O–H groups in total. The Labute approximate surface area is 185 Å². The van der Waals surface area contributed by atoms with Crippen LogP contribution in [0.2, 0.25) is 0 Å². The fourth-order valence-electron chi connectivity index (χ4n) is 3.81. The molecule has 0 aliphatic carbocycles. The summed E-state index contributed by atoms with van der Waals surface area (Å²) < 4.78 is 1.51. The second kappa shape index (κ2) is 8.81. The van der Waals surface area contributed by atoms with Crippen LogP contribution in [0.1, 0.15) is 22.7 Å². The Morgan fingerprint density at radius 1 is 1.16 bits per heavy atom. The van der Waals surface area contributed by atoms with Gasteiger partial charge in [0, 0.05) is 60.4 Å². The van der Waals surface area contributed by atoms with E-state index in [4.69, 9.17) is 0 Å². The van der Waals surface area contributed by atoms with Crippen molar-refractivity contribution in [1.29, 1.82) is 0 Å². The number of para-hydroxylation sites is 1. The number of amides is 1. The lowest BCUT2D eigenvalue weighted by atomic mass is 9.90. The average molecular weight is 435 g/mol. The minimum Gasteiger partial charge on any atom is -0.378 e. The van der Waals surface area contributed by atoms with Gasteiger partial charge in [0.25, 0.3) is 0 Å². The van der Waals surface area contributed by atoms with Crippen LogP contribution < -0.4 is 15.1 Å². The molecule has 0 saturated carbocycles. The van der Waals surface area contributed by atoms with Crippen molar-refractivity contribution in [2.75, 3.05) is 25.5 Å². The van der Waals surface area contributed by atoms with Crippen LogP contribution in [0, 0.1) is 6.92 Å². The molecule has 2 aromatic carbocycles. The fourth-order valence-corrected chi connectivity index (χ4v) is 4.54. The lowest BCUT2D eigenvalue weighted by molar-refractivity contribution is -0.121. The number of hydrogen-bond acceptors (Lipinski definition) is 4. The molecule has 31 heavy (non-hydrogen) atoms. The van der Waals surface area contributed by atoms with Gasteiger partial charge in [-0.2, -0.15) is 0 Å². The molecule has 7 heteroatoms. The van der Waals surface area contributed by atoms with Gasteiger partial charge in [-0.15, -0.1) is 0 Å². The Kier molecular flexibility index (Phi) is 5.95. The van der Waals surface area contributed by atoms with E-state index in [1.54, 1.807) is 5.38 Å². The van der Waals surface area contributed by atoms with Crippen LogP contribution in [-0.2, 0) is 11.3 Å². The van der Waals surface area contributed by atoms with Gasteiger partial charge < -0.3 is 15.2 Å². The number of carbonyl (C=O) groups excluding carboxylic acids is 1. The molecule has 1 atom stereocenters. The van der Waals surface area contributed by atoms with E-state index >= 15 is 0 Å². The summed E-state index contributed by atoms with van der Waals surface area (Å²) in [6.07, 6.45) is 2.02. The maximum atomic E-state index is 12.6. The Morgan fingerprint density at radius 3 is 2.58 bits per heavy atom. The van der Waals surface area contributed by atoms with Gasteiger partial charge in [-0.25, -0.2) is 0 Å². The maximum absolute atomic E-state index is 12.6. The van der Waals surface area contributed by atoms with Crippen molar-refractivity contribution in [3.05, 3.63) is 86.6 Å². The van der Waals surface area contributed by atoms with E-state index in [1.807, 2.05) is 39.3 Å². The van der Waals surface area contributed by atoms with Crippen molar-refractivity contribution in [2.24, 2.45) is 0 Å². The monoisotopic (exact) mass is 434 g/mol. The molecular weight excluding hydrogens is 408 g/mol. The normalized spacial score (nSPS) is 12.1. The number of rotatable bonds is 7. The van der Waals surface area contributed by atoms with Crippen LogP contribution in [0.4, 0.5) is 5.69 Å². The lowest BCUT2D eigenvalue weighted by Gasteiger charge is -2.20. The summed E-state index contributed by atoms with van der Waals surface area (Å²) in [5.41, 5.74) is 5.26. The molecule has 0 fully saturated rings. The molecule has 1 amide bonds. The summed E-state index contributed by atoms with van der Waals surface area (Å²) in [6, 6.07) is 16.6. The first kappa shape index (κ1) is 20.9. The SMILES string of the molecule is Cc1csc(=O)n1CC(=O)NC[C@@H](c1ccc(N(C)C)cc1)c1c[nH]c2ccccc12. The van der Waals surface area contributed by atoms with Crippen LogP contribution in [0.25, 0.3) is 10.9 Å². The molecule has 0 bridgehead atoms. The van der Waals surface area contributed by atoms with Crippen molar-refractivity contribution in [3.63, 3.8) is 0 Å². The third kappa shape index (κ3) is 4.41. The van der Waals surface area contributed by atoms with Crippen LogP contribution in [0.15, 0.2) is 64.9 Å². The largest absolute Gasteiger partial charge is 0.378 e. The molecule has 2 aromatic heterocycles. The number of nitrogens with one attached hydrogen (secondary N) is 2. The lowest BCUT2D eigenvalue weighted by Crippen LogP contribution is -2.34. The van der Waals surface area contributed by atoms with Gasteiger partial charge in [0.15, 0.2) is 0 Å². The first-order valence-corrected chi connectivity index (χ1v) is 11.1. The molecule has 0 spiro atoms. The summed E-state index contributed by atoms with van der Waals surface area (Å²) in [6.45, 7) is 2.32. The van der Waals surface area contributed by atoms with E-state index in [0.29, 0.717) is 6.54 Å². The van der Waals surface area contributed by atoms with Gasteiger partial charge in [0.1, 0.15) is 6.54 Å². The summed E-state index contributed by atoms with van der Waals surface area (Å²) in [7, 11) is 4.03. The van der Waals surface area contributed by atoms with Crippen LogP contribution in [0.5, 0.6) is 0 Å². The van der Waals surface area contributed by atoms with Gasteiger partial charge in [0.05, 0.1) is 0 Å². The number of benzene rings is 2. The number of aromatic nitrogens is 2. The zero-order valence-electron chi connectivity index (χ0n) is 17.9. The van der Waals surface area contributed by atoms with E-state index in [0.717, 1.165) is 44.7 Å². The maximum Gasteiger partial charge on any atom is 0.307 e. The van der Waals surface area contributed by atoms with Crippen LogP contribution >= 0.6 is 11.3 Å². The molecule has 0 unspecified atom stereocenters. The van der Waals surface area contributed by atoms with E-state index in [9.17, 15) is 9.59 Å². The second-order valence-corrected chi connectivity index (χ2v) is 8.68. The van der Waals surface area contributed by atoms with Crippen molar-refractivity contribution in [1.82, 2.24) is 14.9 Å². The predicted molar refractivity (Wildman–Crippen MR) is 127 cm³/mol. The Bertz CT molecular complexity index is 1250. The summed E-state index contributed by atoms with van der Waals surface area (Å²) in [5.74, 6) is -0.185. The first-order valence-electron chi connectivity index (χ1n) is 10.2. The fraction of sp³-hybridized carbons (Fsp3) is 0.250. The highest BCUT2D eigenvalue weighted by Crippen LogP contribution is 2.31. The first-order chi connectivity index (χ1) is 14.9. The molecule has 0 aliphatic heterocycles. The van der Waals surface area contributed by atoms with Gasteiger partial charge >= 0.3 is 4.87 Å². The standard InChI is InChI=1S/C24H26N4O2S/c1-16-15-31-24(30)28(16)14-23(29)26-12-20(17-8-10-18(11-9-17)27(2)3)21-13-25-22-7-5-4-6-19(21)22/h4-11,13,15,20,25H,12,14H2,1-3H3,(H,26,29)/t20-/m0/s1. The number of H-pyrrole nitrogens is 1. The number of aryl methyl sites for hydroxylation is 1. The van der Waals surface area contributed by atoms with Gasteiger partial charge in [-0.05, 0) is 36.2 Å². The number of anilines is 1. The van der Waals surface area contributed by atoms with E-state index in [2.05, 4.69) is 51.6 Å². The highest BCUT2D eigenvalue weighted by atomic mass is 32.1. The molecule has 4 rings (SSSR count). The Balaban J connectivity index is 1.61. The topological polar surface area (TPSA) is 70.1 Å². The van der Waals surface area contributed by atoms with Crippen molar-refractivity contribution in [3.8, 4) is 0 Å². The average Bonchev–Trinajstić information content (AvgIpc) is 3.33. The van der Waals surface area contributed by atoms with E-state index in [1.165, 1.54) is 4.57 Å². The second-order valence-electron chi connectivity index (χ2n) is 7.86. The number of carbonyl (C=O) groups is 1. The molecule has 0 saturated heterocycles. The molecule has 0 radical (unpaired) electrons.